The first kappa shape index (κ1) is 13.2. The average molecular weight is 220 g/mol. The molecule has 0 aliphatic rings. The van der Waals surface area contributed by atoms with E-state index in [0.717, 1.165) is 13.0 Å². The smallest absolute Gasteiger partial charge is 0.0332 e. The summed E-state index contributed by atoms with van der Waals surface area (Å²) < 4.78 is 0. The Hall–Kier alpha value is -0.860. The van der Waals surface area contributed by atoms with Crippen molar-refractivity contribution >= 4 is 0 Å². The van der Waals surface area contributed by atoms with Gasteiger partial charge >= 0.3 is 0 Å². The Kier molecular flexibility index (Phi) is 4.97. The molecule has 0 aliphatic heterocycles. The van der Waals surface area contributed by atoms with E-state index >= 15 is 0 Å². The van der Waals surface area contributed by atoms with Crippen molar-refractivity contribution in [1.29, 1.82) is 0 Å². The van der Waals surface area contributed by atoms with Gasteiger partial charge in [0, 0.05) is 6.04 Å². The summed E-state index contributed by atoms with van der Waals surface area (Å²) in [6, 6.07) is 7.13. The van der Waals surface area contributed by atoms with Gasteiger partial charge < -0.3 is 11.1 Å². The molecule has 1 unspecified atom stereocenters. The van der Waals surface area contributed by atoms with Gasteiger partial charge in [-0.1, -0.05) is 32.0 Å². The Morgan fingerprint density at radius 2 is 2.00 bits per heavy atom. The molecule has 1 aromatic rings. The first-order chi connectivity index (χ1) is 7.60. The molecule has 0 amide bonds. The Morgan fingerprint density at radius 3 is 2.50 bits per heavy atom. The summed E-state index contributed by atoms with van der Waals surface area (Å²) in [5, 5.41) is 3.35. The molecule has 0 aliphatic carbocycles. The van der Waals surface area contributed by atoms with Gasteiger partial charge in [0.15, 0.2) is 0 Å². The van der Waals surface area contributed by atoms with E-state index in [1.54, 1.807) is 0 Å². The lowest BCUT2D eigenvalue weighted by atomic mass is 9.93. The maximum Gasteiger partial charge on any atom is 0.0332 e. The van der Waals surface area contributed by atoms with E-state index in [0.29, 0.717) is 12.0 Å². The zero-order chi connectivity index (χ0) is 12.1. The number of benzene rings is 1. The Morgan fingerprint density at radius 1 is 1.31 bits per heavy atom. The normalized spacial score (nSPS) is 13.1. The van der Waals surface area contributed by atoms with Crippen LogP contribution in [0.15, 0.2) is 18.2 Å². The molecule has 1 atom stereocenters. The molecule has 0 saturated carbocycles. The average Bonchev–Trinajstić information content (AvgIpc) is 2.26. The molecule has 3 N–H and O–H groups in total. The van der Waals surface area contributed by atoms with Crippen LogP contribution in [-0.2, 0) is 0 Å². The predicted octanol–water partition coefficient (Wildman–Crippen LogP) is 2.73. The summed E-state index contributed by atoms with van der Waals surface area (Å²) in [5.41, 5.74) is 9.78. The van der Waals surface area contributed by atoms with Crippen molar-refractivity contribution in [1.82, 2.24) is 5.32 Å². The Balaban J connectivity index is 3.04. The van der Waals surface area contributed by atoms with E-state index in [4.69, 9.17) is 5.73 Å². The maximum absolute atomic E-state index is 5.65. The van der Waals surface area contributed by atoms with Gasteiger partial charge in [0.2, 0.25) is 0 Å². The molecule has 1 rings (SSSR count). The minimum absolute atomic E-state index is 0.378. The van der Waals surface area contributed by atoms with Gasteiger partial charge in [0.05, 0.1) is 0 Å². The highest BCUT2D eigenvalue weighted by molar-refractivity contribution is 5.34. The van der Waals surface area contributed by atoms with Gasteiger partial charge in [0.1, 0.15) is 0 Å². The molecular weight excluding hydrogens is 196 g/mol. The largest absolute Gasteiger partial charge is 0.330 e. The zero-order valence-corrected chi connectivity index (χ0v) is 10.9. The standard InChI is InChI=1S/C14H24N2/c1-10(2)12-6-5-11(3)13(9-12)14(16-4)7-8-15/h5-6,9-10,14,16H,7-8,15H2,1-4H3. The van der Waals surface area contributed by atoms with Gasteiger partial charge in [0.25, 0.3) is 0 Å². The van der Waals surface area contributed by atoms with Crippen molar-refractivity contribution in [2.24, 2.45) is 5.73 Å². The van der Waals surface area contributed by atoms with Crippen molar-refractivity contribution in [3.63, 3.8) is 0 Å². The summed E-state index contributed by atoms with van der Waals surface area (Å²) in [4.78, 5) is 0. The van der Waals surface area contributed by atoms with Crippen LogP contribution in [0.1, 0.15) is 48.9 Å². The first-order valence-electron chi connectivity index (χ1n) is 6.08. The molecule has 0 radical (unpaired) electrons. The minimum atomic E-state index is 0.378. The Labute approximate surface area is 99.2 Å². The molecule has 0 spiro atoms. The van der Waals surface area contributed by atoms with Crippen molar-refractivity contribution in [2.45, 2.75) is 39.2 Å². The molecule has 0 fully saturated rings. The predicted molar refractivity (Wildman–Crippen MR) is 70.7 cm³/mol. The third-order valence-corrected chi connectivity index (χ3v) is 3.15. The third kappa shape index (κ3) is 3.06. The van der Waals surface area contributed by atoms with E-state index in [2.05, 4.69) is 44.3 Å². The van der Waals surface area contributed by atoms with Crippen molar-refractivity contribution in [2.75, 3.05) is 13.6 Å². The number of hydrogen-bond donors (Lipinski definition) is 2. The quantitative estimate of drug-likeness (QED) is 0.800. The SMILES string of the molecule is CNC(CCN)c1cc(C(C)C)ccc1C. The van der Waals surface area contributed by atoms with Crippen LogP contribution < -0.4 is 11.1 Å². The highest BCUT2D eigenvalue weighted by Crippen LogP contribution is 2.24. The lowest BCUT2D eigenvalue weighted by Crippen LogP contribution is -2.21. The molecule has 1 aromatic carbocycles. The fourth-order valence-electron chi connectivity index (χ4n) is 2.02. The second kappa shape index (κ2) is 6.02. The number of nitrogens with two attached hydrogens (primary N) is 1. The summed E-state index contributed by atoms with van der Waals surface area (Å²) in [6.45, 7) is 7.34. The van der Waals surface area contributed by atoms with E-state index in [1.165, 1.54) is 16.7 Å². The Bertz CT molecular complexity index is 332. The van der Waals surface area contributed by atoms with E-state index in [-0.39, 0.29) is 0 Å². The second-order valence-corrected chi connectivity index (χ2v) is 4.69. The molecule has 0 aromatic heterocycles. The lowest BCUT2D eigenvalue weighted by Gasteiger charge is -2.20. The minimum Gasteiger partial charge on any atom is -0.330 e. The van der Waals surface area contributed by atoms with Gasteiger partial charge in [-0.2, -0.15) is 0 Å². The molecule has 2 heteroatoms. The molecular formula is C14H24N2. The molecule has 0 bridgehead atoms. The van der Waals surface area contributed by atoms with Crippen LogP contribution in [0.2, 0.25) is 0 Å². The van der Waals surface area contributed by atoms with E-state index in [9.17, 15) is 0 Å². The van der Waals surface area contributed by atoms with Crippen LogP contribution in [0.3, 0.4) is 0 Å². The lowest BCUT2D eigenvalue weighted by molar-refractivity contribution is 0.553. The fourth-order valence-corrected chi connectivity index (χ4v) is 2.02. The molecule has 90 valence electrons. The molecule has 0 heterocycles. The summed E-state index contributed by atoms with van der Waals surface area (Å²) in [7, 11) is 2.00. The molecule has 0 saturated heterocycles. The van der Waals surface area contributed by atoms with Gasteiger partial charge in [-0.3, -0.25) is 0 Å². The summed E-state index contributed by atoms with van der Waals surface area (Å²) in [5.74, 6) is 0.578. The van der Waals surface area contributed by atoms with Gasteiger partial charge in [-0.25, -0.2) is 0 Å². The first-order valence-corrected chi connectivity index (χ1v) is 6.08. The van der Waals surface area contributed by atoms with Gasteiger partial charge in [-0.05, 0) is 49.5 Å². The van der Waals surface area contributed by atoms with Crippen molar-refractivity contribution in [3.8, 4) is 0 Å². The van der Waals surface area contributed by atoms with Crippen LogP contribution in [0.25, 0.3) is 0 Å². The molecule has 16 heavy (non-hydrogen) atoms. The number of aryl methyl sites for hydroxylation is 1. The fraction of sp³-hybridized carbons (Fsp3) is 0.571. The van der Waals surface area contributed by atoms with Crippen molar-refractivity contribution in [3.05, 3.63) is 34.9 Å². The highest BCUT2D eigenvalue weighted by Gasteiger charge is 2.12. The number of rotatable bonds is 5. The highest BCUT2D eigenvalue weighted by atomic mass is 14.9. The second-order valence-electron chi connectivity index (χ2n) is 4.69. The van der Waals surface area contributed by atoms with Gasteiger partial charge in [-0.15, -0.1) is 0 Å². The maximum atomic E-state index is 5.65. The third-order valence-electron chi connectivity index (χ3n) is 3.15. The monoisotopic (exact) mass is 220 g/mol. The van der Waals surface area contributed by atoms with Crippen molar-refractivity contribution < 1.29 is 0 Å². The molecule has 2 nitrogen and oxygen atoms in total. The van der Waals surface area contributed by atoms with Crippen LogP contribution in [-0.4, -0.2) is 13.6 Å². The van der Waals surface area contributed by atoms with E-state index < -0.39 is 0 Å². The summed E-state index contributed by atoms with van der Waals surface area (Å²) in [6.07, 6.45) is 0.985. The number of hydrogen-bond acceptors (Lipinski definition) is 2. The van der Waals surface area contributed by atoms with E-state index in [1.807, 2.05) is 7.05 Å². The number of nitrogens with one attached hydrogen (secondary N) is 1. The van der Waals surface area contributed by atoms with Crippen LogP contribution in [0.4, 0.5) is 0 Å². The van der Waals surface area contributed by atoms with Crippen LogP contribution in [0, 0.1) is 6.92 Å². The topological polar surface area (TPSA) is 38.0 Å². The van der Waals surface area contributed by atoms with Crippen LogP contribution >= 0.6 is 0 Å². The summed E-state index contributed by atoms with van der Waals surface area (Å²) >= 11 is 0. The zero-order valence-electron chi connectivity index (χ0n) is 10.9. The van der Waals surface area contributed by atoms with Crippen LogP contribution in [0.5, 0.6) is 0 Å².